The number of nitrogens with zero attached hydrogens (tertiary/aromatic N) is 2. The Morgan fingerprint density at radius 2 is 1.85 bits per heavy atom. The Bertz CT molecular complexity index is 1850. The van der Waals surface area contributed by atoms with Crippen molar-refractivity contribution >= 4 is 51.0 Å². The van der Waals surface area contributed by atoms with Crippen LogP contribution in [-0.4, -0.2) is 34.8 Å². The van der Waals surface area contributed by atoms with Gasteiger partial charge in [-0.05, 0) is 64.3 Å². The number of fused-ring (bicyclic) bond motifs is 1. The van der Waals surface area contributed by atoms with Crippen LogP contribution >= 0.6 is 27.3 Å². The molecule has 41 heavy (non-hydrogen) atoms. The van der Waals surface area contributed by atoms with Gasteiger partial charge >= 0.3 is 11.9 Å². The zero-order chi connectivity index (χ0) is 29.1. The van der Waals surface area contributed by atoms with Gasteiger partial charge in [-0.3, -0.25) is 9.36 Å². The van der Waals surface area contributed by atoms with E-state index >= 15 is 0 Å². The number of ether oxygens (including phenoxy) is 2. The highest BCUT2D eigenvalue weighted by molar-refractivity contribution is 9.10. The van der Waals surface area contributed by atoms with Gasteiger partial charge in [0.2, 0.25) is 0 Å². The fraction of sp³-hybridized carbons (Fsp3) is 0.133. The molecule has 3 aromatic carbocycles. The monoisotopic (exact) mass is 636 g/mol. The Morgan fingerprint density at radius 1 is 1.12 bits per heavy atom. The minimum atomic E-state index is -1.10. The van der Waals surface area contributed by atoms with Crippen molar-refractivity contribution in [3.05, 3.63) is 125 Å². The van der Waals surface area contributed by atoms with Gasteiger partial charge < -0.3 is 14.6 Å². The lowest BCUT2D eigenvalue weighted by Gasteiger charge is -2.25. The fourth-order valence-corrected chi connectivity index (χ4v) is 5.93. The molecule has 0 spiro atoms. The smallest absolute Gasteiger partial charge is 0.341 e. The van der Waals surface area contributed by atoms with Crippen LogP contribution in [0.2, 0.25) is 0 Å². The van der Waals surface area contributed by atoms with Gasteiger partial charge in [-0.1, -0.05) is 59.9 Å². The van der Waals surface area contributed by atoms with Crippen molar-refractivity contribution in [1.29, 1.82) is 0 Å². The van der Waals surface area contributed by atoms with Gasteiger partial charge in [0.25, 0.3) is 5.56 Å². The van der Waals surface area contributed by atoms with Crippen LogP contribution in [0.25, 0.3) is 11.8 Å². The second-order valence-electron chi connectivity index (χ2n) is 8.86. The molecule has 0 saturated carbocycles. The number of hydrogen-bond acceptors (Lipinski definition) is 7. The van der Waals surface area contributed by atoms with Crippen molar-refractivity contribution in [2.75, 3.05) is 13.2 Å². The summed E-state index contributed by atoms with van der Waals surface area (Å²) in [6, 6.07) is 18.8. The van der Waals surface area contributed by atoms with Gasteiger partial charge in [0, 0.05) is 5.56 Å². The maximum atomic E-state index is 13.9. The van der Waals surface area contributed by atoms with E-state index in [9.17, 15) is 18.8 Å². The van der Waals surface area contributed by atoms with E-state index in [4.69, 9.17) is 19.6 Å². The number of thiazole rings is 1. The summed E-state index contributed by atoms with van der Waals surface area (Å²) in [5, 5.41) is 8.88. The molecule has 0 aliphatic carbocycles. The zero-order valence-electron chi connectivity index (χ0n) is 21.5. The van der Waals surface area contributed by atoms with Gasteiger partial charge in [-0.2, -0.15) is 0 Å². The normalized spacial score (nSPS) is 14.8. The predicted octanol–water partition coefficient (Wildman–Crippen LogP) is 4.30. The third-order valence-electron chi connectivity index (χ3n) is 6.16. The zero-order valence-corrected chi connectivity index (χ0v) is 23.9. The number of benzene rings is 3. The van der Waals surface area contributed by atoms with E-state index in [-0.39, 0.29) is 17.7 Å². The number of rotatable bonds is 8. The molecular weight excluding hydrogens is 615 g/mol. The SMILES string of the molecule is CCOC(=O)C1=C(c2ccccc2)N=c2s/c(=C/c3ccc(OCC(=O)O)c(Br)c3)c(=O)n2[C@@H]1c1ccc(F)cc1. The van der Waals surface area contributed by atoms with Crippen LogP contribution in [0, 0.1) is 5.82 Å². The molecule has 0 radical (unpaired) electrons. The number of carboxylic acids is 1. The predicted molar refractivity (Wildman–Crippen MR) is 155 cm³/mol. The van der Waals surface area contributed by atoms with Gasteiger partial charge in [-0.15, -0.1) is 0 Å². The summed E-state index contributed by atoms with van der Waals surface area (Å²) >= 11 is 4.53. The Morgan fingerprint density at radius 3 is 2.51 bits per heavy atom. The molecule has 208 valence electrons. The summed E-state index contributed by atoms with van der Waals surface area (Å²) in [4.78, 5) is 43.3. The maximum Gasteiger partial charge on any atom is 0.341 e. The molecule has 0 unspecified atom stereocenters. The van der Waals surface area contributed by atoms with Crippen molar-refractivity contribution < 1.29 is 28.6 Å². The molecule has 1 aliphatic rings. The van der Waals surface area contributed by atoms with Crippen LogP contribution in [0.3, 0.4) is 0 Å². The van der Waals surface area contributed by atoms with Gasteiger partial charge in [0.15, 0.2) is 11.4 Å². The van der Waals surface area contributed by atoms with E-state index in [1.165, 1.54) is 28.8 Å². The van der Waals surface area contributed by atoms with Crippen LogP contribution in [0.1, 0.15) is 29.7 Å². The van der Waals surface area contributed by atoms with E-state index in [1.807, 2.05) is 30.3 Å². The van der Waals surface area contributed by atoms with Gasteiger partial charge in [0.05, 0.1) is 32.9 Å². The Labute approximate surface area is 245 Å². The molecule has 1 aromatic heterocycles. The molecule has 0 bridgehead atoms. The minimum absolute atomic E-state index is 0.117. The number of halogens is 2. The van der Waals surface area contributed by atoms with Crippen molar-refractivity contribution in [3.63, 3.8) is 0 Å². The summed E-state index contributed by atoms with van der Waals surface area (Å²) in [5.41, 5.74) is 1.99. The van der Waals surface area contributed by atoms with E-state index < -0.39 is 30.4 Å². The highest BCUT2D eigenvalue weighted by Gasteiger charge is 2.35. The van der Waals surface area contributed by atoms with Crippen LogP contribution in [0.4, 0.5) is 4.39 Å². The molecule has 4 aromatic rings. The van der Waals surface area contributed by atoms with Gasteiger partial charge in [-0.25, -0.2) is 19.0 Å². The van der Waals surface area contributed by atoms with Crippen LogP contribution in [0.5, 0.6) is 5.75 Å². The molecule has 11 heteroatoms. The number of aliphatic carboxylic acids is 1. The molecule has 1 atom stereocenters. The summed E-state index contributed by atoms with van der Waals surface area (Å²) in [6.07, 6.45) is 1.67. The quantitative estimate of drug-likeness (QED) is 0.289. The molecule has 8 nitrogen and oxygen atoms in total. The van der Waals surface area contributed by atoms with Gasteiger partial charge in [0.1, 0.15) is 11.6 Å². The number of esters is 1. The highest BCUT2D eigenvalue weighted by atomic mass is 79.9. The second kappa shape index (κ2) is 12.0. The number of carbonyl (C=O) groups is 2. The van der Waals surface area contributed by atoms with Crippen molar-refractivity contribution in [2.45, 2.75) is 13.0 Å². The molecule has 0 saturated heterocycles. The second-order valence-corrected chi connectivity index (χ2v) is 10.7. The molecule has 1 aliphatic heterocycles. The van der Waals surface area contributed by atoms with E-state index in [0.717, 1.165) is 11.3 Å². The topological polar surface area (TPSA) is 107 Å². The van der Waals surface area contributed by atoms with E-state index in [1.54, 1.807) is 31.2 Å². The maximum absolute atomic E-state index is 13.9. The minimum Gasteiger partial charge on any atom is -0.481 e. The summed E-state index contributed by atoms with van der Waals surface area (Å²) < 4.78 is 26.9. The van der Waals surface area contributed by atoms with Crippen LogP contribution < -0.4 is 19.6 Å². The van der Waals surface area contributed by atoms with Crippen LogP contribution in [0.15, 0.2) is 92.6 Å². The lowest BCUT2D eigenvalue weighted by molar-refractivity contribution is -0.140. The fourth-order valence-electron chi connectivity index (χ4n) is 4.42. The van der Waals surface area contributed by atoms with Crippen molar-refractivity contribution in [3.8, 4) is 5.75 Å². The Hall–Kier alpha value is -4.35. The first-order valence-electron chi connectivity index (χ1n) is 12.4. The Balaban J connectivity index is 1.72. The molecule has 0 amide bonds. The first-order valence-corrected chi connectivity index (χ1v) is 14.1. The molecule has 1 N–H and O–H groups in total. The van der Waals surface area contributed by atoms with E-state index in [2.05, 4.69) is 15.9 Å². The Kier molecular flexibility index (Phi) is 8.27. The third-order valence-corrected chi connectivity index (χ3v) is 7.77. The number of carbonyl (C=O) groups excluding carboxylic acids is 1. The first kappa shape index (κ1) is 28.2. The number of aromatic nitrogens is 1. The highest BCUT2D eigenvalue weighted by Crippen LogP contribution is 2.35. The number of carboxylic acid groups (broad SMARTS) is 1. The summed E-state index contributed by atoms with van der Waals surface area (Å²) in [7, 11) is 0. The lowest BCUT2D eigenvalue weighted by atomic mass is 9.93. The summed E-state index contributed by atoms with van der Waals surface area (Å²) in [6.45, 7) is 1.32. The van der Waals surface area contributed by atoms with Crippen molar-refractivity contribution in [2.24, 2.45) is 4.99 Å². The van der Waals surface area contributed by atoms with Crippen molar-refractivity contribution in [1.82, 2.24) is 4.57 Å². The lowest BCUT2D eigenvalue weighted by Crippen LogP contribution is -2.40. The third kappa shape index (κ3) is 5.91. The molecule has 5 rings (SSSR count). The largest absolute Gasteiger partial charge is 0.481 e. The van der Waals surface area contributed by atoms with E-state index in [0.29, 0.717) is 41.9 Å². The average Bonchev–Trinajstić information content (AvgIpc) is 3.27. The molecular formula is C30H22BrFN2O6S. The standard InChI is InChI=1S/C30H22BrFN2O6S/c1-2-39-29(38)25-26(18-6-4-3-5-7-18)33-30-34(27(25)19-9-11-20(32)12-10-19)28(37)23(41-30)15-17-8-13-22(21(31)14-17)40-16-24(35)36/h3-15,27H,2,16H2,1H3,(H,35,36)/b23-15+/t27-/m1/s1. The molecule has 2 heterocycles. The molecule has 0 fully saturated rings. The summed E-state index contributed by atoms with van der Waals surface area (Å²) in [5.74, 6) is -1.84. The first-order chi connectivity index (χ1) is 19.8. The average molecular weight is 637 g/mol. The van der Waals surface area contributed by atoms with Crippen LogP contribution in [-0.2, 0) is 14.3 Å². The number of hydrogen-bond donors (Lipinski definition) is 1.